The molecule has 0 aliphatic heterocycles. The van der Waals surface area contributed by atoms with Gasteiger partial charge >= 0.3 is 0 Å². The molecule has 0 bridgehead atoms. The van der Waals surface area contributed by atoms with Crippen molar-refractivity contribution in [3.05, 3.63) is 12.2 Å². The molecule has 0 saturated carbocycles. The van der Waals surface area contributed by atoms with Crippen molar-refractivity contribution in [1.82, 2.24) is 5.32 Å². The van der Waals surface area contributed by atoms with Gasteiger partial charge in [-0.05, 0) is 31.1 Å². The van der Waals surface area contributed by atoms with E-state index in [0.717, 1.165) is 25.9 Å². The predicted molar refractivity (Wildman–Crippen MR) is 78.8 cm³/mol. The maximum absolute atomic E-state index is 9.81. The highest BCUT2D eigenvalue weighted by Crippen LogP contribution is 2.24. The summed E-state index contributed by atoms with van der Waals surface area (Å²) in [5, 5.41) is 13.0. The summed E-state index contributed by atoms with van der Waals surface area (Å²) < 4.78 is 5.63. The highest BCUT2D eigenvalue weighted by atomic mass is 16.5. The molecule has 3 heteroatoms. The van der Waals surface area contributed by atoms with Crippen molar-refractivity contribution >= 4 is 0 Å². The number of hydrogen-bond acceptors (Lipinski definition) is 3. The number of nitrogens with one attached hydrogen (secondary N) is 1. The number of aliphatic hydroxyl groups excluding tert-OH is 1. The minimum atomic E-state index is -0.489. The second-order valence-corrected chi connectivity index (χ2v) is 5.41. The van der Waals surface area contributed by atoms with Gasteiger partial charge in [0.2, 0.25) is 0 Å². The average molecular weight is 265 g/mol. The summed E-state index contributed by atoms with van der Waals surface area (Å²) in [5.74, 6) is 3.91. The molecule has 108 valence electrons. The number of aliphatic hydroxyl groups is 1. The van der Waals surface area contributed by atoms with Crippen LogP contribution in [0.15, 0.2) is 12.2 Å². The van der Waals surface area contributed by atoms with Gasteiger partial charge in [0, 0.05) is 6.54 Å². The molecular formula is C16H27NO2. The van der Waals surface area contributed by atoms with Crippen LogP contribution in [0.2, 0.25) is 0 Å². The van der Waals surface area contributed by atoms with E-state index in [2.05, 4.69) is 30.3 Å². The molecule has 0 aromatic carbocycles. The third kappa shape index (κ3) is 6.24. The van der Waals surface area contributed by atoms with Crippen LogP contribution in [-0.2, 0) is 4.74 Å². The molecule has 0 aromatic heterocycles. The van der Waals surface area contributed by atoms with Crippen LogP contribution in [-0.4, -0.2) is 37.0 Å². The predicted octanol–water partition coefficient (Wildman–Crippen LogP) is 1.97. The minimum Gasteiger partial charge on any atom is -0.389 e. The molecule has 4 unspecified atom stereocenters. The Morgan fingerprint density at radius 3 is 2.84 bits per heavy atom. The van der Waals surface area contributed by atoms with Crippen molar-refractivity contribution in [2.75, 3.05) is 19.8 Å². The van der Waals surface area contributed by atoms with E-state index in [0.29, 0.717) is 25.0 Å². The average Bonchev–Trinajstić information content (AvgIpc) is 2.42. The number of ether oxygens (including phenoxy) is 1. The summed E-state index contributed by atoms with van der Waals surface area (Å²) >= 11 is 0. The van der Waals surface area contributed by atoms with Crippen LogP contribution in [0.4, 0.5) is 0 Å². The molecule has 0 heterocycles. The monoisotopic (exact) mass is 265 g/mol. The van der Waals surface area contributed by atoms with Crippen LogP contribution in [0, 0.1) is 24.2 Å². The molecule has 0 spiro atoms. The van der Waals surface area contributed by atoms with E-state index in [4.69, 9.17) is 11.2 Å². The van der Waals surface area contributed by atoms with E-state index < -0.39 is 6.10 Å². The van der Waals surface area contributed by atoms with Crippen molar-refractivity contribution in [1.29, 1.82) is 0 Å². The number of rotatable bonds is 8. The summed E-state index contributed by atoms with van der Waals surface area (Å²) in [6.45, 7) is 5.88. The zero-order chi connectivity index (χ0) is 14.1. The second-order valence-electron chi connectivity index (χ2n) is 5.41. The molecule has 1 aliphatic rings. The van der Waals surface area contributed by atoms with Gasteiger partial charge in [-0.25, -0.2) is 0 Å². The maximum Gasteiger partial charge on any atom is 0.0898 e. The maximum atomic E-state index is 9.81. The van der Waals surface area contributed by atoms with Gasteiger partial charge < -0.3 is 15.2 Å². The zero-order valence-corrected chi connectivity index (χ0v) is 12.1. The molecule has 19 heavy (non-hydrogen) atoms. The van der Waals surface area contributed by atoms with Gasteiger partial charge in [-0.2, -0.15) is 0 Å². The Bertz CT molecular complexity index is 308. The Morgan fingerprint density at radius 1 is 1.47 bits per heavy atom. The lowest BCUT2D eigenvalue weighted by molar-refractivity contribution is 0.0124. The van der Waals surface area contributed by atoms with Gasteiger partial charge in [-0.15, -0.1) is 6.42 Å². The minimum absolute atomic E-state index is 0.0400. The summed E-state index contributed by atoms with van der Waals surface area (Å²) in [5.41, 5.74) is 0. The number of terminal acetylenes is 1. The standard InChI is InChI=1S/C16H27NO2/c1-4-15(5-2)17-10-16(18)12-19-11-14-9-7-6-8-13(14)3/h1,6-7,13-18H,5,8-12H2,2-3H3. The topological polar surface area (TPSA) is 41.5 Å². The molecule has 0 amide bonds. The SMILES string of the molecule is C#CC(CC)NCC(O)COCC1CC=CCC1C. The summed E-state index contributed by atoms with van der Waals surface area (Å²) in [7, 11) is 0. The van der Waals surface area contributed by atoms with Gasteiger partial charge in [-0.3, -0.25) is 0 Å². The molecule has 4 atom stereocenters. The first kappa shape index (κ1) is 16.2. The molecular weight excluding hydrogens is 238 g/mol. The largest absolute Gasteiger partial charge is 0.389 e. The van der Waals surface area contributed by atoms with Gasteiger partial charge in [0.25, 0.3) is 0 Å². The van der Waals surface area contributed by atoms with Gasteiger partial charge in [-0.1, -0.05) is 31.9 Å². The second kappa shape index (κ2) is 9.14. The Kier molecular flexibility index (Phi) is 7.81. The Morgan fingerprint density at radius 2 is 2.21 bits per heavy atom. The number of allylic oxidation sites excluding steroid dienone is 2. The fourth-order valence-corrected chi connectivity index (χ4v) is 2.25. The van der Waals surface area contributed by atoms with Crippen LogP contribution in [0.1, 0.15) is 33.1 Å². The first-order valence-corrected chi connectivity index (χ1v) is 7.27. The van der Waals surface area contributed by atoms with Crippen LogP contribution in [0.3, 0.4) is 0 Å². The van der Waals surface area contributed by atoms with E-state index in [-0.39, 0.29) is 6.04 Å². The van der Waals surface area contributed by atoms with Crippen LogP contribution < -0.4 is 5.32 Å². The third-order valence-electron chi connectivity index (χ3n) is 3.77. The van der Waals surface area contributed by atoms with Gasteiger partial charge in [0.15, 0.2) is 0 Å². The smallest absolute Gasteiger partial charge is 0.0898 e. The van der Waals surface area contributed by atoms with E-state index in [1.165, 1.54) is 0 Å². The number of hydrogen-bond donors (Lipinski definition) is 2. The van der Waals surface area contributed by atoms with Crippen molar-refractivity contribution in [3.63, 3.8) is 0 Å². The third-order valence-corrected chi connectivity index (χ3v) is 3.77. The first-order chi connectivity index (χ1) is 9.17. The van der Waals surface area contributed by atoms with Crippen LogP contribution in [0.5, 0.6) is 0 Å². The summed E-state index contributed by atoms with van der Waals surface area (Å²) in [6, 6.07) is 0.0400. The normalized spacial score (nSPS) is 25.8. The fourth-order valence-electron chi connectivity index (χ4n) is 2.25. The Hall–Kier alpha value is -0.820. The first-order valence-electron chi connectivity index (χ1n) is 7.27. The fraction of sp³-hybridized carbons (Fsp3) is 0.750. The molecule has 2 N–H and O–H groups in total. The molecule has 0 saturated heterocycles. The molecule has 1 aliphatic carbocycles. The van der Waals surface area contributed by atoms with Crippen LogP contribution in [0.25, 0.3) is 0 Å². The summed E-state index contributed by atoms with van der Waals surface area (Å²) in [4.78, 5) is 0. The van der Waals surface area contributed by atoms with Crippen molar-refractivity contribution in [2.45, 2.75) is 45.3 Å². The Balaban J connectivity index is 2.11. The lowest BCUT2D eigenvalue weighted by atomic mass is 9.85. The lowest BCUT2D eigenvalue weighted by Crippen LogP contribution is -2.36. The van der Waals surface area contributed by atoms with E-state index in [9.17, 15) is 5.11 Å². The lowest BCUT2D eigenvalue weighted by Gasteiger charge is -2.25. The molecule has 0 aromatic rings. The molecule has 0 fully saturated rings. The highest BCUT2D eigenvalue weighted by Gasteiger charge is 2.18. The van der Waals surface area contributed by atoms with Crippen molar-refractivity contribution < 1.29 is 9.84 Å². The highest BCUT2D eigenvalue weighted by molar-refractivity contribution is 4.98. The quantitative estimate of drug-likeness (QED) is 0.521. The van der Waals surface area contributed by atoms with Crippen molar-refractivity contribution in [3.8, 4) is 12.3 Å². The van der Waals surface area contributed by atoms with Gasteiger partial charge in [0.05, 0.1) is 25.4 Å². The molecule has 0 radical (unpaired) electrons. The molecule has 3 nitrogen and oxygen atoms in total. The van der Waals surface area contributed by atoms with E-state index in [1.54, 1.807) is 0 Å². The van der Waals surface area contributed by atoms with Crippen molar-refractivity contribution in [2.24, 2.45) is 11.8 Å². The Labute approximate surface area is 117 Å². The van der Waals surface area contributed by atoms with Gasteiger partial charge in [0.1, 0.15) is 0 Å². The summed E-state index contributed by atoms with van der Waals surface area (Å²) in [6.07, 6.45) is 12.4. The van der Waals surface area contributed by atoms with E-state index in [1.807, 2.05) is 6.92 Å². The van der Waals surface area contributed by atoms with E-state index >= 15 is 0 Å². The van der Waals surface area contributed by atoms with Crippen LogP contribution >= 0.6 is 0 Å². The zero-order valence-electron chi connectivity index (χ0n) is 12.1. The molecule has 1 rings (SSSR count).